The van der Waals surface area contributed by atoms with Gasteiger partial charge in [-0.15, -0.1) is 0 Å². The fourth-order valence-electron chi connectivity index (χ4n) is 7.42. The average Bonchev–Trinajstić information content (AvgIpc) is 2.81. The molecule has 3 aliphatic rings. The summed E-state index contributed by atoms with van der Waals surface area (Å²) in [6, 6.07) is 0. The standard InChI is InChI=1S/C24H44O/c1-16(2)7-6-8-18(4)21-11-12-22-19-10-9-17(3)15-23(25)20(19)13-14-24(21,22)5/h16-23,25H,6-15H2,1-5H3/t17-,18+,19+,20-,21+,22-,23?,24+/m0/s1. The second-order valence-corrected chi connectivity index (χ2v) is 11.0. The molecule has 0 heterocycles. The van der Waals surface area contributed by atoms with Gasteiger partial charge in [0.05, 0.1) is 6.10 Å². The van der Waals surface area contributed by atoms with Crippen molar-refractivity contribution >= 4 is 0 Å². The zero-order valence-electron chi connectivity index (χ0n) is 17.6. The Morgan fingerprint density at radius 2 is 1.72 bits per heavy atom. The van der Waals surface area contributed by atoms with Crippen molar-refractivity contribution in [3.8, 4) is 0 Å². The van der Waals surface area contributed by atoms with Crippen LogP contribution in [0.15, 0.2) is 0 Å². The molecule has 0 aromatic heterocycles. The highest BCUT2D eigenvalue weighted by atomic mass is 16.3. The molecule has 25 heavy (non-hydrogen) atoms. The van der Waals surface area contributed by atoms with Gasteiger partial charge in [-0.05, 0) is 85.4 Å². The fraction of sp³-hybridized carbons (Fsp3) is 1.00. The maximum absolute atomic E-state index is 10.8. The van der Waals surface area contributed by atoms with Crippen molar-refractivity contribution in [1.29, 1.82) is 0 Å². The quantitative estimate of drug-likeness (QED) is 0.587. The summed E-state index contributed by atoms with van der Waals surface area (Å²) >= 11 is 0. The molecule has 3 fully saturated rings. The van der Waals surface area contributed by atoms with Crippen LogP contribution in [-0.2, 0) is 0 Å². The van der Waals surface area contributed by atoms with Crippen molar-refractivity contribution in [2.24, 2.45) is 46.8 Å². The van der Waals surface area contributed by atoms with Crippen LogP contribution >= 0.6 is 0 Å². The Bertz CT molecular complexity index is 430. The van der Waals surface area contributed by atoms with E-state index in [1.165, 1.54) is 57.8 Å². The normalized spacial score (nSPS) is 45.7. The van der Waals surface area contributed by atoms with E-state index in [0.29, 0.717) is 11.3 Å². The first-order valence-electron chi connectivity index (χ1n) is 11.5. The minimum Gasteiger partial charge on any atom is -0.393 e. The highest BCUT2D eigenvalue weighted by Gasteiger charge is 2.55. The molecule has 8 atom stereocenters. The molecular formula is C24H44O. The predicted octanol–water partition coefficient (Wildman–Crippen LogP) is 6.69. The number of fused-ring (bicyclic) bond motifs is 3. The molecule has 3 aliphatic carbocycles. The van der Waals surface area contributed by atoms with Gasteiger partial charge in [-0.1, -0.05) is 60.3 Å². The van der Waals surface area contributed by atoms with Crippen LogP contribution in [0.3, 0.4) is 0 Å². The van der Waals surface area contributed by atoms with Gasteiger partial charge in [0, 0.05) is 0 Å². The molecule has 0 amide bonds. The van der Waals surface area contributed by atoms with E-state index >= 15 is 0 Å². The maximum atomic E-state index is 10.8. The minimum atomic E-state index is -0.0189. The van der Waals surface area contributed by atoms with Crippen LogP contribution in [0, 0.1) is 46.8 Å². The van der Waals surface area contributed by atoms with Gasteiger partial charge in [0.1, 0.15) is 0 Å². The predicted molar refractivity (Wildman–Crippen MR) is 107 cm³/mol. The molecular weight excluding hydrogens is 304 g/mol. The third-order valence-electron chi connectivity index (χ3n) is 8.82. The lowest BCUT2D eigenvalue weighted by Gasteiger charge is -2.50. The largest absolute Gasteiger partial charge is 0.393 e. The van der Waals surface area contributed by atoms with Gasteiger partial charge in [-0.25, -0.2) is 0 Å². The number of rotatable bonds is 5. The van der Waals surface area contributed by atoms with E-state index in [1.54, 1.807) is 0 Å². The summed E-state index contributed by atoms with van der Waals surface area (Å²) in [5.41, 5.74) is 0.561. The lowest BCUT2D eigenvalue weighted by Crippen LogP contribution is -2.45. The van der Waals surface area contributed by atoms with E-state index in [9.17, 15) is 5.11 Å². The van der Waals surface area contributed by atoms with Crippen molar-refractivity contribution in [2.75, 3.05) is 0 Å². The summed E-state index contributed by atoms with van der Waals surface area (Å²) in [6.45, 7) is 12.3. The van der Waals surface area contributed by atoms with Gasteiger partial charge in [0.15, 0.2) is 0 Å². The molecule has 3 saturated carbocycles. The summed E-state index contributed by atoms with van der Waals surface area (Å²) in [5, 5.41) is 10.8. The highest BCUT2D eigenvalue weighted by molar-refractivity contribution is 5.05. The Balaban J connectivity index is 1.68. The molecule has 0 bridgehead atoms. The smallest absolute Gasteiger partial charge is 0.0573 e. The maximum Gasteiger partial charge on any atom is 0.0573 e. The van der Waals surface area contributed by atoms with Crippen LogP contribution in [0.25, 0.3) is 0 Å². The van der Waals surface area contributed by atoms with Gasteiger partial charge >= 0.3 is 0 Å². The monoisotopic (exact) mass is 348 g/mol. The molecule has 1 N–H and O–H groups in total. The van der Waals surface area contributed by atoms with Gasteiger partial charge in [-0.3, -0.25) is 0 Å². The number of aliphatic hydroxyl groups excluding tert-OH is 1. The van der Waals surface area contributed by atoms with Gasteiger partial charge < -0.3 is 5.11 Å². The first-order valence-corrected chi connectivity index (χ1v) is 11.5. The van der Waals surface area contributed by atoms with Crippen LogP contribution in [0.1, 0.15) is 98.8 Å². The van der Waals surface area contributed by atoms with Gasteiger partial charge in [0.2, 0.25) is 0 Å². The average molecular weight is 349 g/mol. The molecule has 0 radical (unpaired) electrons. The summed E-state index contributed by atoms with van der Waals surface area (Å²) in [4.78, 5) is 0. The number of hydrogen-bond acceptors (Lipinski definition) is 1. The third-order valence-corrected chi connectivity index (χ3v) is 8.82. The van der Waals surface area contributed by atoms with Gasteiger partial charge in [0.25, 0.3) is 0 Å². The summed E-state index contributed by atoms with van der Waals surface area (Å²) < 4.78 is 0. The van der Waals surface area contributed by atoms with Crippen molar-refractivity contribution in [1.82, 2.24) is 0 Å². The van der Waals surface area contributed by atoms with E-state index in [2.05, 4.69) is 34.6 Å². The first kappa shape index (κ1) is 19.7. The molecule has 1 unspecified atom stereocenters. The van der Waals surface area contributed by atoms with E-state index in [1.807, 2.05) is 0 Å². The van der Waals surface area contributed by atoms with Gasteiger partial charge in [-0.2, -0.15) is 0 Å². The zero-order chi connectivity index (χ0) is 18.2. The second kappa shape index (κ2) is 7.91. The minimum absolute atomic E-state index is 0.0189. The molecule has 3 rings (SSSR count). The fourth-order valence-corrected chi connectivity index (χ4v) is 7.42. The van der Waals surface area contributed by atoms with E-state index in [0.717, 1.165) is 41.9 Å². The van der Waals surface area contributed by atoms with Crippen molar-refractivity contribution in [3.63, 3.8) is 0 Å². The lowest BCUT2D eigenvalue weighted by atomic mass is 9.55. The first-order chi connectivity index (χ1) is 11.8. The van der Waals surface area contributed by atoms with E-state index in [4.69, 9.17) is 0 Å². The summed E-state index contributed by atoms with van der Waals surface area (Å²) in [7, 11) is 0. The number of hydrogen-bond donors (Lipinski definition) is 1. The SMILES string of the molecule is CC(C)CCC[C@@H](C)[C@H]1CC[C@H]2[C@@H]3CC[C@H](C)CC(O)[C@H]3CC[C@]12C. The van der Waals surface area contributed by atoms with Crippen LogP contribution in [-0.4, -0.2) is 11.2 Å². The molecule has 1 nitrogen and oxygen atoms in total. The molecule has 0 aliphatic heterocycles. The molecule has 146 valence electrons. The molecule has 1 heteroatoms. The summed E-state index contributed by atoms with van der Waals surface area (Å²) in [6.07, 6.45) is 13.6. The molecule has 0 aromatic rings. The van der Waals surface area contributed by atoms with E-state index in [-0.39, 0.29) is 6.10 Å². The Morgan fingerprint density at radius 3 is 2.44 bits per heavy atom. The van der Waals surface area contributed by atoms with Crippen molar-refractivity contribution < 1.29 is 5.11 Å². The Kier molecular flexibility index (Phi) is 6.24. The topological polar surface area (TPSA) is 20.2 Å². The van der Waals surface area contributed by atoms with Crippen LogP contribution < -0.4 is 0 Å². The van der Waals surface area contributed by atoms with Crippen LogP contribution in [0.5, 0.6) is 0 Å². The Morgan fingerprint density at radius 1 is 0.960 bits per heavy atom. The van der Waals surface area contributed by atoms with Crippen LogP contribution in [0.4, 0.5) is 0 Å². The molecule has 0 aromatic carbocycles. The highest BCUT2D eigenvalue weighted by Crippen LogP contribution is 2.63. The Hall–Kier alpha value is -0.0400. The molecule has 0 saturated heterocycles. The van der Waals surface area contributed by atoms with E-state index < -0.39 is 0 Å². The van der Waals surface area contributed by atoms with Crippen molar-refractivity contribution in [3.05, 3.63) is 0 Å². The van der Waals surface area contributed by atoms with Crippen molar-refractivity contribution in [2.45, 2.75) is 105 Å². The third kappa shape index (κ3) is 3.97. The number of aliphatic hydroxyl groups is 1. The Labute approximate surface area is 157 Å². The second-order valence-electron chi connectivity index (χ2n) is 11.0. The summed E-state index contributed by atoms with van der Waals surface area (Å²) in [5.74, 6) is 5.71. The molecule has 0 spiro atoms. The lowest BCUT2D eigenvalue weighted by molar-refractivity contribution is -0.0477. The zero-order valence-corrected chi connectivity index (χ0v) is 17.6. The van der Waals surface area contributed by atoms with Crippen LogP contribution in [0.2, 0.25) is 0 Å².